The maximum absolute atomic E-state index is 12.6. The maximum Gasteiger partial charge on any atom is 0.435 e. The Labute approximate surface area is 124 Å². The fraction of sp³-hybridized carbons (Fsp3) is 0.462. The van der Waals surface area contributed by atoms with Crippen LogP contribution in [0, 0.1) is 0 Å². The van der Waals surface area contributed by atoms with Crippen LogP contribution in [0.15, 0.2) is 24.5 Å². The molecule has 0 aromatic carbocycles. The van der Waals surface area contributed by atoms with Crippen molar-refractivity contribution in [2.24, 2.45) is 7.05 Å². The molecule has 0 spiro atoms. The lowest BCUT2D eigenvalue weighted by Gasteiger charge is -2.30. The van der Waals surface area contributed by atoms with Gasteiger partial charge >= 0.3 is 6.18 Å². The Balaban J connectivity index is 1.85. The third-order valence-corrected chi connectivity index (χ3v) is 3.60. The van der Waals surface area contributed by atoms with Gasteiger partial charge in [0.2, 0.25) is 0 Å². The lowest BCUT2D eigenvalue weighted by Crippen LogP contribution is -2.42. The molecule has 6 nitrogen and oxygen atoms in total. The average Bonchev–Trinajstić information content (AvgIpc) is 3.07. The van der Waals surface area contributed by atoms with Crippen LogP contribution in [0.4, 0.5) is 19.0 Å². The van der Waals surface area contributed by atoms with Gasteiger partial charge in [0, 0.05) is 32.1 Å². The van der Waals surface area contributed by atoms with Crippen molar-refractivity contribution in [1.82, 2.24) is 19.6 Å². The van der Waals surface area contributed by atoms with E-state index in [9.17, 15) is 18.0 Å². The van der Waals surface area contributed by atoms with E-state index in [1.807, 2.05) is 0 Å². The van der Waals surface area contributed by atoms with E-state index in [4.69, 9.17) is 0 Å². The van der Waals surface area contributed by atoms with Gasteiger partial charge in [-0.2, -0.15) is 23.4 Å². The standard InChI is InChI=1S/C13H14F3N5O/c1-19-7-5-11(18-19)20-6-2-3-9(12(20)22)21-8-4-10(17-21)13(14,15)16/h4-5,7-9H,2-3,6H2,1H3/t9-/m1/s1. The summed E-state index contributed by atoms with van der Waals surface area (Å²) in [5, 5.41) is 7.68. The lowest BCUT2D eigenvalue weighted by atomic mass is 10.1. The number of carbonyl (C=O) groups excluding carboxylic acids is 1. The smallest absolute Gasteiger partial charge is 0.293 e. The highest BCUT2D eigenvalue weighted by atomic mass is 19.4. The highest BCUT2D eigenvalue weighted by Gasteiger charge is 2.37. The molecule has 1 aliphatic heterocycles. The van der Waals surface area contributed by atoms with Crippen LogP contribution in [0.2, 0.25) is 0 Å². The molecule has 2 aromatic heterocycles. The van der Waals surface area contributed by atoms with E-state index < -0.39 is 17.9 Å². The van der Waals surface area contributed by atoms with Crippen molar-refractivity contribution in [2.75, 3.05) is 11.4 Å². The summed E-state index contributed by atoms with van der Waals surface area (Å²) in [5.41, 5.74) is -0.991. The van der Waals surface area contributed by atoms with Gasteiger partial charge in [-0.05, 0) is 18.9 Å². The zero-order valence-corrected chi connectivity index (χ0v) is 11.8. The fourth-order valence-corrected chi connectivity index (χ4v) is 2.54. The van der Waals surface area contributed by atoms with Crippen LogP contribution in [0.3, 0.4) is 0 Å². The highest BCUT2D eigenvalue weighted by Crippen LogP contribution is 2.30. The normalized spacial score (nSPS) is 19.7. The minimum atomic E-state index is -4.51. The summed E-state index contributed by atoms with van der Waals surface area (Å²) in [6, 6.07) is 1.85. The summed E-state index contributed by atoms with van der Waals surface area (Å²) in [4.78, 5) is 14.0. The first-order valence-electron chi connectivity index (χ1n) is 6.79. The summed E-state index contributed by atoms with van der Waals surface area (Å²) in [5.74, 6) is 0.210. The number of anilines is 1. The summed E-state index contributed by atoms with van der Waals surface area (Å²) in [7, 11) is 1.73. The van der Waals surface area contributed by atoms with Crippen LogP contribution in [0.1, 0.15) is 24.6 Å². The number of alkyl halides is 3. The first-order valence-corrected chi connectivity index (χ1v) is 6.79. The Bertz CT molecular complexity index is 690. The number of rotatable bonds is 2. The molecule has 1 atom stereocenters. The van der Waals surface area contributed by atoms with Crippen LogP contribution in [-0.4, -0.2) is 32.0 Å². The molecular formula is C13H14F3N5O. The molecule has 9 heteroatoms. The topological polar surface area (TPSA) is 56.0 Å². The number of amides is 1. The summed E-state index contributed by atoms with van der Waals surface area (Å²) in [6.07, 6.45) is -0.464. The third kappa shape index (κ3) is 2.58. The monoisotopic (exact) mass is 313 g/mol. The largest absolute Gasteiger partial charge is 0.435 e. The predicted octanol–water partition coefficient (Wildman–Crippen LogP) is 2.00. The number of piperidine rings is 1. The van der Waals surface area contributed by atoms with Gasteiger partial charge in [-0.3, -0.25) is 19.1 Å². The molecule has 22 heavy (non-hydrogen) atoms. The van der Waals surface area contributed by atoms with Gasteiger partial charge in [0.05, 0.1) is 0 Å². The van der Waals surface area contributed by atoms with Crippen molar-refractivity contribution < 1.29 is 18.0 Å². The Morgan fingerprint density at radius 1 is 1.23 bits per heavy atom. The second-order valence-electron chi connectivity index (χ2n) is 5.17. The number of nitrogens with zero attached hydrogens (tertiary/aromatic N) is 5. The van der Waals surface area contributed by atoms with E-state index in [-0.39, 0.29) is 5.91 Å². The highest BCUT2D eigenvalue weighted by molar-refractivity contribution is 5.95. The van der Waals surface area contributed by atoms with Crippen molar-refractivity contribution in [2.45, 2.75) is 25.1 Å². The molecular weight excluding hydrogens is 299 g/mol. The van der Waals surface area contributed by atoms with E-state index in [1.165, 1.54) is 11.1 Å². The summed E-state index contributed by atoms with van der Waals surface area (Å²) < 4.78 is 40.5. The first kappa shape index (κ1) is 14.6. The van der Waals surface area contributed by atoms with Gasteiger partial charge in [0.1, 0.15) is 6.04 Å². The lowest BCUT2D eigenvalue weighted by molar-refractivity contribution is -0.142. The zero-order valence-electron chi connectivity index (χ0n) is 11.8. The van der Waals surface area contributed by atoms with Gasteiger partial charge in [-0.15, -0.1) is 0 Å². The third-order valence-electron chi connectivity index (χ3n) is 3.60. The summed E-state index contributed by atoms with van der Waals surface area (Å²) in [6.45, 7) is 0.500. The number of carbonyl (C=O) groups is 1. The number of aryl methyl sites for hydroxylation is 1. The molecule has 0 unspecified atom stereocenters. The van der Waals surface area contributed by atoms with Crippen molar-refractivity contribution in [3.63, 3.8) is 0 Å². The Morgan fingerprint density at radius 2 is 2.00 bits per heavy atom. The van der Waals surface area contributed by atoms with E-state index in [1.54, 1.807) is 24.0 Å². The van der Waals surface area contributed by atoms with E-state index >= 15 is 0 Å². The molecule has 1 saturated heterocycles. The number of hydrogen-bond acceptors (Lipinski definition) is 3. The molecule has 0 saturated carbocycles. The van der Waals surface area contributed by atoms with Crippen LogP contribution >= 0.6 is 0 Å². The van der Waals surface area contributed by atoms with Crippen molar-refractivity contribution in [3.05, 3.63) is 30.2 Å². The first-order chi connectivity index (χ1) is 10.4. The molecule has 3 rings (SSSR count). The molecule has 0 bridgehead atoms. The van der Waals surface area contributed by atoms with Crippen LogP contribution in [0.25, 0.3) is 0 Å². The van der Waals surface area contributed by atoms with Crippen LogP contribution in [-0.2, 0) is 18.0 Å². The zero-order chi connectivity index (χ0) is 15.9. The van der Waals surface area contributed by atoms with E-state index in [0.717, 1.165) is 10.7 Å². The van der Waals surface area contributed by atoms with Gasteiger partial charge in [0.15, 0.2) is 11.5 Å². The molecule has 118 valence electrons. The SMILES string of the molecule is Cn1ccc(N2CCC[C@@H](n3ccc(C(F)(F)F)n3)C2=O)n1. The molecule has 1 amide bonds. The molecule has 0 aliphatic carbocycles. The molecule has 0 radical (unpaired) electrons. The fourth-order valence-electron chi connectivity index (χ4n) is 2.54. The van der Waals surface area contributed by atoms with Gasteiger partial charge in [0.25, 0.3) is 5.91 Å². The number of halogens is 3. The van der Waals surface area contributed by atoms with Gasteiger partial charge in [-0.25, -0.2) is 0 Å². The van der Waals surface area contributed by atoms with Crippen LogP contribution < -0.4 is 4.90 Å². The Kier molecular flexibility index (Phi) is 3.42. The molecule has 1 fully saturated rings. The Morgan fingerprint density at radius 3 is 2.59 bits per heavy atom. The quantitative estimate of drug-likeness (QED) is 0.852. The predicted molar refractivity (Wildman–Crippen MR) is 71.1 cm³/mol. The molecule has 1 aliphatic rings. The molecule has 3 heterocycles. The summed E-state index contributed by atoms with van der Waals surface area (Å²) >= 11 is 0. The minimum absolute atomic E-state index is 0.290. The van der Waals surface area contributed by atoms with E-state index in [2.05, 4.69) is 10.2 Å². The average molecular weight is 313 g/mol. The van der Waals surface area contributed by atoms with Crippen molar-refractivity contribution in [1.29, 1.82) is 0 Å². The van der Waals surface area contributed by atoms with Crippen LogP contribution in [0.5, 0.6) is 0 Å². The second-order valence-corrected chi connectivity index (χ2v) is 5.17. The number of aromatic nitrogens is 4. The Hall–Kier alpha value is -2.32. The van der Waals surface area contributed by atoms with Crippen molar-refractivity contribution >= 4 is 11.7 Å². The minimum Gasteiger partial charge on any atom is -0.293 e. The van der Waals surface area contributed by atoms with Gasteiger partial charge < -0.3 is 0 Å². The van der Waals surface area contributed by atoms with Crippen molar-refractivity contribution in [3.8, 4) is 0 Å². The van der Waals surface area contributed by atoms with E-state index in [0.29, 0.717) is 25.2 Å². The number of hydrogen-bond donors (Lipinski definition) is 0. The molecule has 2 aromatic rings. The molecule has 0 N–H and O–H groups in total. The second kappa shape index (κ2) is 5.15. The van der Waals surface area contributed by atoms with Gasteiger partial charge in [-0.1, -0.05) is 0 Å². The maximum atomic E-state index is 12.6.